The van der Waals surface area contributed by atoms with E-state index < -0.39 is 18.2 Å². The number of amides is 3. The molecule has 2 fully saturated rings. The second kappa shape index (κ2) is 6.98. The Morgan fingerprint density at radius 2 is 1.78 bits per heavy atom. The van der Waals surface area contributed by atoms with Crippen molar-refractivity contribution in [3.05, 3.63) is 30.3 Å². The number of para-hydroxylation sites is 1. The fourth-order valence-electron chi connectivity index (χ4n) is 3.29. The molecule has 2 saturated heterocycles. The minimum absolute atomic E-state index is 0.0249. The number of piperidine rings is 1. The largest absolute Gasteiger partial charge is 0.341 e. The van der Waals surface area contributed by atoms with Gasteiger partial charge in [0.25, 0.3) is 0 Å². The Morgan fingerprint density at radius 1 is 1.09 bits per heavy atom. The molecule has 3 rings (SSSR count). The molecule has 5 nitrogen and oxygen atoms in total. The minimum atomic E-state index is -1.14. The number of benzene rings is 1. The maximum atomic E-state index is 13.9. The first-order chi connectivity index (χ1) is 11.1. The Morgan fingerprint density at radius 3 is 2.48 bits per heavy atom. The summed E-state index contributed by atoms with van der Waals surface area (Å²) in [5.74, 6) is -0.118. The molecule has 1 aromatic carbocycles. The van der Waals surface area contributed by atoms with Crippen molar-refractivity contribution in [1.29, 1.82) is 0 Å². The zero-order valence-electron chi connectivity index (χ0n) is 13.1. The number of hydrogen-bond acceptors (Lipinski definition) is 2. The number of carbonyl (C=O) groups is 2. The van der Waals surface area contributed by atoms with Gasteiger partial charge in [0.2, 0.25) is 5.91 Å². The molecule has 2 heterocycles. The maximum absolute atomic E-state index is 13.9. The van der Waals surface area contributed by atoms with Crippen molar-refractivity contribution in [3.63, 3.8) is 0 Å². The van der Waals surface area contributed by atoms with Crippen LogP contribution in [-0.2, 0) is 4.79 Å². The van der Waals surface area contributed by atoms with Crippen molar-refractivity contribution in [2.45, 2.75) is 37.9 Å². The summed E-state index contributed by atoms with van der Waals surface area (Å²) in [5, 5.41) is 2.74. The quantitative estimate of drug-likeness (QED) is 0.911. The van der Waals surface area contributed by atoms with Crippen molar-refractivity contribution in [2.24, 2.45) is 0 Å². The molecule has 3 amide bonds. The Labute approximate surface area is 135 Å². The number of carbonyl (C=O) groups excluding carboxylic acids is 2. The fourth-order valence-corrected chi connectivity index (χ4v) is 3.29. The highest BCUT2D eigenvalue weighted by molar-refractivity contribution is 5.94. The molecule has 0 bridgehead atoms. The van der Waals surface area contributed by atoms with Gasteiger partial charge >= 0.3 is 6.03 Å². The lowest BCUT2D eigenvalue weighted by Crippen LogP contribution is -2.50. The van der Waals surface area contributed by atoms with Gasteiger partial charge in [-0.2, -0.15) is 0 Å². The van der Waals surface area contributed by atoms with E-state index in [0.717, 1.165) is 19.3 Å². The number of likely N-dealkylation sites (tertiary alicyclic amines) is 2. The third-order valence-electron chi connectivity index (χ3n) is 4.49. The Bertz CT molecular complexity index is 560. The summed E-state index contributed by atoms with van der Waals surface area (Å²) in [6.07, 6.45) is 2.03. The van der Waals surface area contributed by atoms with Crippen molar-refractivity contribution < 1.29 is 14.0 Å². The number of halogens is 1. The smallest absolute Gasteiger partial charge is 0.322 e. The molecule has 23 heavy (non-hydrogen) atoms. The molecule has 0 aliphatic carbocycles. The Hall–Kier alpha value is -2.11. The van der Waals surface area contributed by atoms with Gasteiger partial charge in [-0.05, 0) is 31.4 Å². The van der Waals surface area contributed by atoms with Crippen LogP contribution in [0.1, 0.15) is 25.7 Å². The van der Waals surface area contributed by atoms with Crippen LogP contribution in [0.2, 0.25) is 0 Å². The number of anilines is 1. The molecular formula is C17H22FN3O2. The summed E-state index contributed by atoms with van der Waals surface area (Å²) >= 11 is 0. The van der Waals surface area contributed by atoms with Gasteiger partial charge in [0.05, 0.1) is 6.54 Å². The van der Waals surface area contributed by atoms with Crippen LogP contribution in [0, 0.1) is 0 Å². The number of urea groups is 1. The molecular weight excluding hydrogens is 297 g/mol. The lowest BCUT2D eigenvalue weighted by molar-refractivity contribution is -0.136. The fraction of sp³-hybridized carbons (Fsp3) is 0.529. The van der Waals surface area contributed by atoms with Crippen LogP contribution in [0.3, 0.4) is 0 Å². The number of hydrogen-bond donors (Lipinski definition) is 1. The summed E-state index contributed by atoms with van der Waals surface area (Å²) in [6.45, 7) is 1.39. The Balaban J connectivity index is 1.68. The topological polar surface area (TPSA) is 52.7 Å². The van der Waals surface area contributed by atoms with E-state index in [1.54, 1.807) is 17.0 Å². The normalized spacial score (nSPS) is 24.6. The van der Waals surface area contributed by atoms with Gasteiger partial charge in [0, 0.05) is 25.2 Å². The summed E-state index contributed by atoms with van der Waals surface area (Å²) in [4.78, 5) is 28.2. The van der Waals surface area contributed by atoms with E-state index in [1.807, 2.05) is 18.2 Å². The van der Waals surface area contributed by atoms with E-state index in [9.17, 15) is 14.0 Å². The SMILES string of the molecule is O=C([C@@H]1C[C@H](F)CN1C(=O)Nc1ccccc1)N1CCCCC1. The standard InChI is InChI=1S/C17H22FN3O2/c18-13-11-15(16(22)20-9-5-2-6-10-20)21(12-13)17(23)19-14-7-3-1-4-8-14/h1,3-4,7-8,13,15H,2,5-6,9-12H2,(H,19,23)/t13-,15-/m0/s1. The highest BCUT2D eigenvalue weighted by Crippen LogP contribution is 2.24. The molecule has 2 atom stereocenters. The maximum Gasteiger partial charge on any atom is 0.322 e. The average Bonchev–Trinajstić information content (AvgIpc) is 2.98. The van der Waals surface area contributed by atoms with Crippen LogP contribution in [0.25, 0.3) is 0 Å². The van der Waals surface area contributed by atoms with Crippen molar-refractivity contribution in [3.8, 4) is 0 Å². The number of nitrogens with zero attached hydrogens (tertiary/aromatic N) is 2. The molecule has 1 aromatic rings. The summed E-state index contributed by atoms with van der Waals surface area (Å²) in [7, 11) is 0. The van der Waals surface area contributed by atoms with Crippen LogP contribution in [0.5, 0.6) is 0 Å². The zero-order chi connectivity index (χ0) is 16.2. The third-order valence-corrected chi connectivity index (χ3v) is 4.49. The van der Waals surface area contributed by atoms with E-state index in [4.69, 9.17) is 0 Å². The molecule has 6 heteroatoms. The van der Waals surface area contributed by atoms with Gasteiger partial charge in [0.1, 0.15) is 12.2 Å². The second-order valence-electron chi connectivity index (χ2n) is 6.18. The predicted octanol–water partition coefficient (Wildman–Crippen LogP) is 2.64. The summed E-state index contributed by atoms with van der Waals surface area (Å²) in [6, 6.07) is 7.91. The van der Waals surface area contributed by atoms with Crippen LogP contribution in [-0.4, -0.2) is 53.6 Å². The average molecular weight is 319 g/mol. The van der Waals surface area contributed by atoms with E-state index >= 15 is 0 Å². The van der Waals surface area contributed by atoms with Crippen molar-refractivity contribution >= 4 is 17.6 Å². The predicted molar refractivity (Wildman–Crippen MR) is 85.9 cm³/mol. The van der Waals surface area contributed by atoms with Gasteiger partial charge in [-0.25, -0.2) is 9.18 Å². The Kier molecular flexibility index (Phi) is 4.79. The summed E-state index contributed by atoms with van der Waals surface area (Å²) in [5.41, 5.74) is 0.643. The van der Waals surface area contributed by atoms with Gasteiger partial charge in [-0.3, -0.25) is 4.79 Å². The highest BCUT2D eigenvalue weighted by atomic mass is 19.1. The van der Waals surface area contributed by atoms with Gasteiger partial charge < -0.3 is 15.1 Å². The van der Waals surface area contributed by atoms with Crippen LogP contribution >= 0.6 is 0 Å². The highest BCUT2D eigenvalue weighted by Gasteiger charge is 2.41. The molecule has 0 radical (unpaired) electrons. The number of alkyl halides is 1. The van der Waals surface area contributed by atoms with E-state index in [1.165, 1.54) is 4.90 Å². The third kappa shape index (κ3) is 3.63. The number of rotatable bonds is 2. The van der Waals surface area contributed by atoms with Gasteiger partial charge in [-0.1, -0.05) is 18.2 Å². The second-order valence-corrected chi connectivity index (χ2v) is 6.18. The molecule has 2 aliphatic rings. The van der Waals surface area contributed by atoms with Gasteiger partial charge in [0.15, 0.2) is 0 Å². The molecule has 0 unspecified atom stereocenters. The van der Waals surface area contributed by atoms with Crippen LogP contribution in [0.15, 0.2) is 30.3 Å². The lowest BCUT2D eigenvalue weighted by atomic mass is 10.1. The first-order valence-corrected chi connectivity index (χ1v) is 8.20. The first-order valence-electron chi connectivity index (χ1n) is 8.20. The minimum Gasteiger partial charge on any atom is -0.341 e. The zero-order valence-corrected chi connectivity index (χ0v) is 13.1. The van der Waals surface area contributed by atoms with Crippen LogP contribution in [0.4, 0.5) is 14.9 Å². The lowest BCUT2D eigenvalue weighted by Gasteiger charge is -2.32. The first kappa shape index (κ1) is 15.8. The van der Waals surface area contributed by atoms with E-state index in [0.29, 0.717) is 18.8 Å². The van der Waals surface area contributed by atoms with Crippen molar-refractivity contribution in [2.75, 3.05) is 25.0 Å². The molecule has 0 aromatic heterocycles. The molecule has 124 valence electrons. The van der Waals surface area contributed by atoms with E-state index in [2.05, 4.69) is 5.32 Å². The van der Waals surface area contributed by atoms with Gasteiger partial charge in [-0.15, -0.1) is 0 Å². The molecule has 1 N–H and O–H groups in total. The van der Waals surface area contributed by atoms with E-state index in [-0.39, 0.29) is 18.9 Å². The molecule has 0 spiro atoms. The molecule has 0 saturated carbocycles. The molecule has 2 aliphatic heterocycles. The summed E-state index contributed by atoms with van der Waals surface area (Å²) < 4.78 is 13.9. The van der Waals surface area contributed by atoms with Crippen LogP contribution < -0.4 is 5.32 Å². The van der Waals surface area contributed by atoms with Crippen molar-refractivity contribution in [1.82, 2.24) is 9.80 Å². The monoisotopic (exact) mass is 319 g/mol. The number of nitrogens with one attached hydrogen (secondary N) is 1.